The summed E-state index contributed by atoms with van der Waals surface area (Å²) in [6.07, 6.45) is 3.96. The molecular weight excluding hydrogens is 359 g/mol. The fourth-order valence-electron chi connectivity index (χ4n) is 2.72. The third kappa shape index (κ3) is 3.56. The normalized spacial score (nSPS) is 22.4. The van der Waals surface area contributed by atoms with Gasteiger partial charge < -0.3 is 10.4 Å². The van der Waals surface area contributed by atoms with Crippen molar-refractivity contribution in [3.63, 3.8) is 0 Å². The predicted octanol–water partition coefficient (Wildman–Crippen LogP) is 3.16. The molecule has 5 nitrogen and oxygen atoms in total. The van der Waals surface area contributed by atoms with E-state index in [9.17, 15) is 10.1 Å². The Morgan fingerprint density at radius 1 is 1.47 bits per heavy atom. The number of nitro benzene ring substituents is 1. The molecule has 2 N–H and O–H groups in total. The summed E-state index contributed by atoms with van der Waals surface area (Å²) in [4.78, 5) is 10.7. The van der Waals surface area contributed by atoms with Crippen LogP contribution in [0.4, 0.5) is 11.4 Å². The Labute approximate surface area is 125 Å². The molecule has 2 unspecified atom stereocenters. The molecule has 1 saturated carbocycles. The molecule has 1 aromatic rings. The standard InChI is InChI=1S/C13H17IN2O3/c14-10-4-5-12(13(8-10)16(18)19)15-11-3-1-2-9(11)6-7-17/h4-5,8-9,11,15,17H,1-3,6-7H2. The zero-order valence-corrected chi connectivity index (χ0v) is 12.7. The number of nitrogens with zero attached hydrogens (tertiary/aromatic N) is 1. The molecule has 0 radical (unpaired) electrons. The lowest BCUT2D eigenvalue weighted by molar-refractivity contribution is -0.384. The second-order valence-electron chi connectivity index (χ2n) is 4.87. The summed E-state index contributed by atoms with van der Waals surface area (Å²) < 4.78 is 0.855. The van der Waals surface area contributed by atoms with E-state index in [1.807, 2.05) is 6.07 Å². The van der Waals surface area contributed by atoms with E-state index < -0.39 is 0 Å². The quantitative estimate of drug-likeness (QED) is 0.470. The minimum Gasteiger partial charge on any atom is -0.396 e. The first-order valence-corrected chi connectivity index (χ1v) is 7.51. The number of aliphatic hydroxyl groups excluding tert-OH is 1. The van der Waals surface area contributed by atoms with Crippen LogP contribution in [0.25, 0.3) is 0 Å². The van der Waals surface area contributed by atoms with Gasteiger partial charge in [0, 0.05) is 22.3 Å². The lowest BCUT2D eigenvalue weighted by atomic mass is 9.99. The van der Waals surface area contributed by atoms with Crippen LogP contribution >= 0.6 is 22.6 Å². The Kier molecular flexibility index (Phi) is 4.98. The maximum atomic E-state index is 11.1. The highest BCUT2D eigenvalue weighted by atomic mass is 127. The smallest absolute Gasteiger partial charge is 0.293 e. The molecule has 1 fully saturated rings. The SMILES string of the molecule is O=[N+]([O-])c1cc(I)ccc1NC1CCCC1CCO. The van der Waals surface area contributed by atoms with E-state index in [1.165, 1.54) is 0 Å². The molecule has 0 saturated heterocycles. The van der Waals surface area contributed by atoms with E-state index in [0.717, 1.165) is 29.3 Å². The van der Waals surface area contributed by atoms with Crippen molar-refractivity contribution < 1.29 is 10.0 Å². The maximum Gasteiger partial charge on any atom is 0.293 e. The zero-order valence-electron chi connectivity index (χ0n) is 10.5. The van der Waals surface area contributed by atoms with Crippen molar-refractivity contribution in [2.24, 2.45) is 5.92 Å². The first kappa shape index (κ1) is 14.5. The zero-order chi connectivity index (χ0) is 13.8. The molecule has 2 rings (SSSR count). The number of anilines is 1. The summed E-state index contributed by atoms with van der Waals surface area (Å²) in [7, 11) is 0. The minimum absolute atomic E-state index is 0.126. The first-order chi connectivity index (χ1) is 9.11. The van der Waals surface area contributed by atoms with E-state index in [0.29, 0.717) is 11.6 Å². The van der Waals surface area contributed by atoms with Gasteiger partial charge in [-0.2, -0.15) is 0 Å². The van der Waals surface area contributed by atoms with Gasteiger partial charge in [-0.3, -0.25) is 10.1 Å². The van der Waals surface area contributed by atoms with Crippen LogP contribution < -0.4 is 5.32 Å². The van der Waals surface area contributed by atoms with Crippen LogP contribution in [0.5, 0.6) is 0 Å². The Morgan fingerprint density at radius 2 is 2.26 bits per heavy atom. The van der Waals surface area contributed by atoms with Gasteiger partial charge in [-0.25, -0.2) is 0 Å². The molecule has 0 heterocycles. The number of benzene rings is 1. The number of hydrogen-bond acceptors (Lipinski definition) is 4. The molecule has 1 aliphatic carbocycles. The van der Waals surface area contributed by atoms with Gasteiger partial charge in [-0.05, 0) is 59.9 Å². The summed E-state index contributed by atoms with van der Waals surface area (Å²) in [5.74, 6) is 0.406. The highest BCUT2D eigenvalue weighted by Gasteiger charge is 2.28. The molecule has 0 bridgehead atoms. The summed E-state index contributed by atoms with van der Waals surface area (Å²) in [6, 6.07) is 5.45. The molecule has 0 amide bonds. The highest BCUT2D eigenvalue weighted by Crippen LogP contribution is 2.34. The highest BCUT2D eigenvalue weighted by molar-refractivity contribution is 14.1. The van der Waals surface area contributed by atoms with Crippen molar-refractivity contribution in [1.82, 2.24) is 0 Å². The molecule has 1 aliphatic rings. The van der Waals surface area contributed by atoms with Gasteiger partial charge in [0.1, 0.15) is 5.69 Å². The first-order valence-electron chi connectivity index (χ1n) is 6.43. The minimum atomic E-state index is -0.347. The van der Waals surface area contributed by atoms with Crippen molar-refractivity contribution in [2.75, 3.05) is 11.9 Å². The Bertz CT molecular complexity index is 467. The lowest BCUT2D eigenvalue weighted by Crippen LogP contribution is -2.25. The number of halogens is 1. The van der Waals surface area contributed by atoms with Gasteiger partial charge in [0.05, 0.1) is 4.92 Å². The second-order valence-corrected chi connectivity index (χ2v) is 6.12. The van der Waals surface area contributed by atoms with Crippen molar-refractivity contribution in [1.29, 1.82) is 0 Å². The molecule has 6 heteroatoms. The molecule has 2 atom stereocenters. The third-order valence-corrected chi connectivity index (χ3v) is 4.33. The summed E-state index contributed by atoms with van der Waals surface area (Å²) in [5.41, 5.74) is 0.710. The maximum absolute atomic E-state index is 11.1. The summed E-state index contributed by atoms with van der Waals surface area (Å²) in [6.45, 7) is 0.178. The molecular formula is C13H17IN2O3. The number of rotatable bonds is 5. The molecule has 0 aliphatic heterocycles. The molecule has 19 heavy (non-hydrogen) atoms. The molecule has 0 spiro atoms. The van der Waals surface area contributed by atoms with Crippen LogP contribution in [0, 0.1) is 19.6 Å². The van der Waals surface area contributed by atoms with Gasteiger partial charge in [-0.15, -0.1) is 0 Å². The van der Waals surface area contributed by atoms with Crippen LogP contribution in [-0.2, 0) is 0 Å². The van der Waals surface area contributed by atoms with Crippen molar-refractivity contribution in [3.05, 3.63) is 31.9 Å². The monoisotopic (exact) mass is 376 g/mol. The fourth-order valence-corrected chi connectivity index (χ4v) is 3.19. The van der Waals surface area contributed by atoms with Gasteiger partial charge in [0.25, 0.3) is 5.69 Å². The van der Waals surface area contributed by atoms with Crippen LogP contribution in [0.1, 0.15) is 25.7 Å². The average molecular weight is 376 g/mol. The van der Waals surface area contributed by atoms with Crippen molar-refractivity contribution in [3.8, 4) is 0 Å². The summed E-state index contributed by atoms with van der Waals surface area (Å²) >= 11 is 2.07. The number of hydrogen-bond donors (Lipinski definition) is 2. The van der Waals surface area contributed by atoms with E-state index in [4.69, 9.17) is 5.11 Å². The van der Waals surface area contributed by atoms with Gasteiger partial charge >= 0.3 is 0 Å². The Balaban J connectivity index is 2.16. The van der Waals surface area contributed by atoms with E-state index in [-0.39, 0.29) is 23.3 Å². The Morgan fingerprint density at radius 3 is 2.95 bits per heavy atom. The van der Waals surface area contributed by atoms with Crippen molar-refractivity contribution in [2.45, 2.75) is 31.7 Å². The largest absolute Gasteiger partial charge is 0.396 e. The van der Waals surface area contributed by atoms with Crippen molar-refractivity contribution >= 4 is 34.0 Å². The van der Waals surface area contributed by atoms with Crippen LogP contribution in [0.15, 0.2) is 18.2 Å². The fraction of sp³-hybridized carbons (Fsp3) is 0.538. The molecule has 0 aromatic heterocycles. The second kappa shape index (κ2) is 6.51. The van der Waals surface area contributed by atoms with Gasteiger partial charge in [0.2, 0.25) is 0 Å². The molecule has 1 aromatic carbocycles. The molecule has 104 valence electrons. The Hall–Kier alpha value is -0.890. The van der Waals surface area contributed by atoms with Crippen LogP contribution in [-0.4, -0.2) is 22.7 Å². The van der Waals surface area contributed by atoms with Gasteiger partial charge in [-0.1, -0.05) is 6.42 Å². The van der Waals surface area contributed by atoms with Gasteiger partial charge in [0.15, 0.2) is 0 Å². The van der Waals surface area contributed by atoms with E-state index in [1.54, 1.807) is 12.1 Å². The van der Waals surface area contributed by atoms with Crippen LogP contribution in [0.2, 0.25) is 0 Å². The number of aliphatic hydroxyl groups is 1. The topological polar surface area (TPSA) is 75.4 Å². The number of nitro groups is 1. The lowest BCUT2D eigenvalue weighted by Gasteiger charge is -2.21. The van der Waals surface area contributed by atoms with E-state index >= 15 is 0 Å². The van der Waals surface area contributed by atoms with E-state index in [2.05, 4.69) is 27.9 Å². The third-order valence-electron chi connectivity index (χ3n) is 3.66. The summed E-state index contributed by atoms with van der Waals surface area (Å²) in [5, 5.41) is 23.4. The predicted molar refractivity (Wildman–Crippen MR) is 82.3 cm³/mol. The van der Waals surface area contributed by atoms with Crippen LogP contribution in [0.3, 0.4) is 0 Å². The average Bonchev–Trinajstić information content (AvgIpc) is 2.79. The number of nitrogens with one attached hydrogen (secondary N) is 1.